The summed E-state index contributed by atoms with van der Waals surface area (Å²) in [7, 11) is 3.34. The molecule has 0 saturated carbocycles. The minimum atomic E-state index is -1.46. The molecule has 2 aromatic rings. The monoisotopic (exact) mass is 388 g/mol. The molecule has 1 aromatic heterocycles. The average Bonchev–Trinajstić information content (AvgIpc) is 2.74. The number of nitrogens with zero attached hydrogens (tertiary/aromatic N) is 1. The molecule has 0 saturated heterocycles. The third-order valence-corrected chi connectivity index (χ3v) is 4.09. The number of fused-ring (bicyclic) bond motifs is 1. The Kier molecular flexibility index (Phi) is 7.02. The summed E-state index contributed by atoms with van der Waals surface area (Å²) in [6, 6.07) is 8.92. The maximum Gasteiger partial charge on any atom is 0.329 e. The predicted molar refractivity (Wildman–Crippen MR) is 97.2 cm³/mol. The van der Waals surface area contributed by atoms with E-state index in [-0.39, 0.29) is 5.69 Å². The molecule has 148 valence electrons. The summed E-state index contributed by atoms with van der Waals surface area (Å²) in [6.07, 6.45) is -0.478. The average molecular weight is 388 g/mol. The third kappa shape index (κ3) is 4.81. The Balaban J connectivity index is 2.32. The van der Waals surface area contributed by atoms with Crippen LogP contribution in [0.25, 0.3) is 10.9 Å². The molecule has 0 fully saturated rings. The van der Waals surface area contributed by atoms with Gasteiger partial charge in [-0.2, -0.15) is 0 Å². The van der Waals surface area contributed by atoms with Crippen LogP contribution in [-0.2, 0) is 28.6 Å². The smallest absolute Gasteiger partial charge is 0.329 e. The van der Waals surface area contributed by atoms with Crippen LogP contribution in [0.1, 0.15) is 16.9 Å². The van der Waals surface area contributed by atoms with Crippen LogP contribution in [0.15, 0.2) is 36.4 Å². The largest absolute Gasteiger partial charge is 0.469 e. The van der Waals surface area contributed by atoms with Crippen molar-refractivity contribution in [3.8, 4) is 0 Å². The number of amides is 1. The number of hydrogen-bond donors (Lipinski definition) is 1. The Hall–Kier alpha value is -3.49. The number of hydrogen-bond acceptors (Lipinski definition) is 8. The van der Waals surface area contributed by atoms with Gasteiger partial charge in [-0.3, -0.25) is 14.4 Å². The van der Waals surface area contributed by atoms with Gasteiger partial charge in [0.1, 0.15) is 11.7 Å². The lowest BCUT2D eigenvalue weighted by molar-refractivity contribution is -0.158. The highest BCUT2D eigenvalue weighted by atomic mass is 16.5. The molecule has 1 amide bonds. The minimum Gasteiger partial charge on any atom is -0.469 e. The first-order valence-electron chi connectivity index (χ1n) is 8.30. The van der Waals surface area contributed by atoms with Gasteiger partial charge in [-0.1, -0.05) is 24.3 Å². The van der Waals surface area contributed by atoms with Crippen LogP contribution in [-0.4, -0.2) is 56.2 Å². The van der Waals surface area contributed by atoms with E-state index >= 15 is 0 Å². The molecule has 9 heteroatoms. The molecule has 0 radical (unpaired) electrons. The zero-order valence-corrected chi connectivity index (χ0v) is 15.6. The highest BCUT2D eigenvalue weighted by molar-refractivity contribution is 5.98. The number of rotatable bonds is 7. The van der Waals surface area contributed by atoms with E-state index in [1.54, 1.807) is 18.2 Å². The first kappa shape index (κ1) is 20.8. The molecule has 9 nitrogen and oxygen atoms in total. The van der Waals surface area contributed by atoms with Crippen molar-refractivity contribution in [2.24, 2.45) is 5.92 Å². The molecule has 0 spiro atoms. The fraction of sp³-hybridized carbons (Fsp3) is 0.316. The van der Waals surface area contributed by atoms with Crippen LogP contribution < -0.4 is 5.32 Å². The first-order chi connectivity index (χ1) is 13.4. The van der Waals surface area contributed by atoms with Crippen molar-refractivity contribution in [1.29, 1.82) is 0 Å². The molecule has 0 aliphatic carbocycles. The van der Waals surface area contributed by atoms with Gasteiger partial charge in [0.2, 0.25) is 0 Å². The van der Waals surface area contributed by atoms with Crippen molar-refractivity contribution >= 4 is 34.7 Å². The summed E-state index contributed by atoms with van der Waals surface area (Å²) >= 11 is 0. The summed E-state index contributed by atoms with van der Waals surface area (Å²) in [6.45, 7) is 0. The Morgan fingerprint density at radius 3 is 2.25 bits per heavy atom. The fourth-order valence-electron chi connectivity index (χ4n) is 2.61. The van der Waals surface area contributed by atoms with Crippen molar-refractivity contribution in [3.05, 3.63) is 42.1 Å². The molecule has 1 aromatic carbocycles. The molecule has 0 aliphatic heterocycles. The molecule has 0 aliphatic rings. The van der Waals surface area contributed by atoms with E-state index in [2.05, 4.69) is 24.5 Å². The molecule has 1 N–H and O–H groups in total. The second-order valence-corrected chi connectivity index (χ2v) is 5.77. The first-order valence-corrected chi connectivity index (χ1v) is 8.30. The molecular weight excluding hydrogens is 368 g/mol. The number of methoxy groups -OCH3 is 3. The summed E-state index contributed by atoms with van der Waals surface area (Å²) in [4.78, 5) is 52.9. The molecule has 2 atom stereocenters. The number of benzene rings is 1. The lowest BCUT2D eigenvalue weighted by atomic mass is 9.95. The van der Waals surface area contributed by atoms with Crippen LogP contribution in [0.3, 0.4) is 0 Å². The third-order valence-electron chi connectivity index (χ3n) is 4.09. The van der Waals surface area contributed by atoms with Gasteiger partial charge < -0.3 is 19.5 Å². The highest BCUT2D eigenvalue weighted by Crippen LogP contribution is 2.16. The van der Waals surface area contributed by atoms with Crippen LogP contribution in [0, 0.1) is 5.92 Å². The Bertz CT molecular complexity index is 897. The molecule has 1 heterocycles. The number of esters is 3. The zero-order chi connectivity index (χ0) is 20.7. The standard InChI is InChI=1S/C19H20N2O7/c1-26-15(22)10-12(18(24)27-2)16(19(25)28-3)21-17(23)14-9-8-11-6-4-5-7-13(11)20-14/h4-9,12,16H,10H2,1-3H3,(H,21,23)/t12-,16+/m1/s1. The highest BCUT2D eigenvalue weighted by Gasteiger charge is 2.39. The summed E-state index contributed by atoms with van der Waals surface area (Å²) < 4.78 is 13.9. The maximum atomic E-state index is 12.6. The van der Waals surface area contributed by atoms with E-state index in [9.17, 15) is 19.2 Å². The Morgan fingerprint density at radius 1 is 0.929 bits per heavy atom. The molecule has 0 bridgehead atoms. The van der Waals surface area contributed by atoms with E-state index in [1.807, 2.05) is 12.1 Å². The van der Waals surface area contributed by atoms with Crippen LogP contribution in [0.4, 0.5) is 0 Å². The molecular formula is C19H20N2O7. The van der Waals surface area contributed by atoms with Crippen molar-refractivity contribution < 1.29 is 33.4 Å². The zero-order valence-electron chi connectivity index (χ0n) is 15.6. The Labute approximate surface area is 161 Å². The number of carbonyl (C=O) groups is 4. The van der Waals surface area contributed by atoms with Crippen LogP contribution >= 0.6 is 0 Å². The lowest BCUT2D eigenvalue weighted by Gasteiger charge is -2.23. The van der Waals surface area contributed by atoms with Gasteiger partial charge in [-0.25, -0.2) is 9.78 Å². The van der Waals surface area contributed by atoms with E-state index in [4.69, 9.17) is 0 Å². The number of nitrogens with one attached hydrogen (secondary N) is 1. The predicted octanol–water partition coefficient (Wildman–Crippen LogP) is 0.858. The van der Waals surface area contributed by atoms with Crippen molar-refractivity contribution in [2.75, 3.05) is 21.3 Å². The number of pyridine rings is 1. The number of aromatic nitrogens is 1. The van der Waals surface area contributed by atoms with Gasteiger partial charge in [0.25, 0.3) is 5.91 Å². The van der Waals surface area contributed by atoms with E-state index in [1.165, 1.54) is 6.07 Å². The SMILES string of the molecule is COC(=O)C[C@@H](C(=O)OC)[C@H](NC(=O)c1ccc2ccccc2n1)C(=O)OC. The van der Waals surface area contributed by atoms with E-state index < -0.39 is 42.2 Å². The van der Waals surface area contributed by atoms with Gasteiger partial charge in [0.15, 0.2) is 0 Å². The van der Waals surface area contributed by atoms with Gasteiger partial charge >= 0.3 is 17.9 Å². The lowest BCUT2D eigenvalue weighted by Crippen LogP contribution is -2.50. The molecule has 28 heavy (non-hydrogen) atoms. The molecule has 0 unspecified atom stereocenters. The van der Waals surface area contributed by atoms with Gasteiger partial charge in [-0.05, 0) is 12.1 Å². The van der Waals surface area contributed by atoms with E-state index in [0.717, 1.165) is 26.7 Å². The quantitative estimate of drug-likeness (QED) is 0.548. The van der Waals surface area contributed by atoms with Crippen molar-refractivity contribution in [1.82, 2.24) is 10.3 Å². The number of para-hydroxylation sites is 1. The maximum absolute atomic E-state index is 12.6. The van der Waals surface area contributed by atoms with Crippen molar-refractivity contribution in [3.63, 3.8) is 0 Å². The Morgan fingerprint density at radius 2 is 1.61 bits per heavy atom. The second-order valence-electron chi connectivity index (χ2n) is 5.77. The van der Waals surface area contributed by atoms with Crippen LogP contribution in [0.2, 0.25) is 0 Å². The number of carbonyl (C=O) groups excluding carboxylic acids is 4. The van der Waals surface area contributed by atoms with Gasteiger partial charge in [0.05, 0.1) is 39.2 Å². The van der Waals surface area contributed by atoms with Crippen LogP contribution in [0.5, 0.6) is 0 Å². The van der Waals surface area contributed by atoms with Gasteiger partial charge in [0, 0.05) is 5.39 Å². The topological polar surface area (TPSA) is 121 Å². The van der Waals surface area contributed by atoms with E-state index in [0.29, 0.717) is 5.52 Å². The minimum absolute atomic E-state index is 0.0364. The van der Waals surface area contributed by atoms with Crippen molar-refractivity contribution in [2.45, 2.75) is 12.5 Å². The summed E-state index contributed by atoms with van der Waals surface area (Å²) in [5.74, 6) is -4.56. The second kappa shape index (κ2) is 9.45. The van der Waals surface area contributed by atoms with Gasteiger partial charge in [-0.15, -0.1) is 0 Å². The fourth-order valence-corrected chi connectivity index (χ4v) is 2.61. The molecule has 2 rings (SSSR count). The summed E-state index contributed by atoms with van der Waals surface area (Å²) in [5, 5.41) is 3.24. The summed E-state index contributed by atoms with van der Waals surface area (Å²) in [5.41, 5.74) is 0.623. The number of ether oxygens (including phenoxy) is 3. The normalized spacial score (nSPS) is 12.5.